The highest BCUT2D eigenvalue weighted by atomic mass is 32.1. The van der Waals surface area contributed by atoms with Gasteiger partial charge in [0.2, 0.25) is 0 Å². The molecule has 2 aromatic heterocycles. The number of nitriles is 1. The Morgan fingerprint density at radius 1 is 1.26 bits per heavy atom. The molecule has 0 spiro atoms. The van der Waals surface area contributed by atoms with Gasteiger partial charge in [0.15, 0.2) is 0 Å². The first-order chi connectivity index (χ1) is 11.2. The molecule has 0 aliphatic heterocycles. The number of carbonyl (C=O) groups excluding carboxylic acids is 1. The van der Waals surface area contributed by atoms with Gasteiger partial charge in [-0.25, -0.2) is 4.98 Å². The van der Waals surface area contributed by atoms with Gasteiger partial charge < -0.3 is 5.32 Å². The Bertz CT molecular complexity index is 872. The Labute approximate surface area is 142 Å². The average Bonchev–Trinajstić information content (AvgIpc) is 3.21. The van der Waals surface area contributed by atoms with E-state index < -0.39 is 0 Å². The Hall–Kier alpha value is -2.49. The van der Waals surface area contributed by atoms with Crippen LogP contribution in [0.15, 0.2) is 41.8 Å². The van der Waals surface area contributed by atoms with E-state index in [9.17, 15) is 4.79 Å². The molecular weight excluding hydrogens is 326 g/mol. The highest BCUT2D eigenvalue weighted by molar-refractivity contribution is 7.16. The van der Waals surface area contributed by atoms with Gasteiger partial charge in [-0.05, 0) is 43.3 Å². The number of nitrogens with one attached hydrogen (secondary N) is 1. The summed E-state index contributed by atoms with van der Waals surface area (Å²) in [6, 6.07) is 12.7. The number of carbonyl (C=O) groups is 1. The zero-order chi connectivity index (χ0) is 16.2. The monoisotopic (exact) mass is 339 g/mol. The van der Waals surface area contributed by atoms with Crippen molar-refractivity contribution in [3.8, 4) is 16.6 Å². The van der Waals surface area contributed by atoms with E-state index >= 15 is 0 Å². The smallest absolute Gasteiger partial charge is 0.251 e. The van der Waals surface area contributed by atoms with E-state index in [1.165, 1.54) is 0 Å². The fourth-order valence-electron chi connectivity index (χ4n) is 2.05. The minimum atomic E-state index is -0.144. The lowest BCUT2D eigenvalue weighted by Gasteiger charge is -2.03. The molecule has 4 nitrogen and oxygen atoms in total. The van der Waals surface area contributed by atoms with Crippen molar-refractivity contribution in [1.29, 1.82) is 5.26 Å². The van der Waals surface area contributed by atoms with Crippen molar-refractivity contribution in [2.75, 3.05) is 0 Å². The number of rotatable bonds is 4. The Kier molecular flexibility index (Phi) is 4.51. The molecule has 0 atom stereocenters. The van der Waals surface area contributed by atoms with E-state index in [-0.39, 0.29) is 5.91 Å². The zero-order valence-electron chi connectivity index (χ0n) is 12.4. The second-order valence-corrected chi connectivity index (χ2v) is 7.12. The molecule has 6 heteroatoms. The number of hydrogen-bond acceptors (Lipinski definition) is 5. The van der Waals surface area contributed by atoms with E-state index in [4.69, 9.17) is 5.26 Å². The van der Waals surface area contributed by atoms with Crippen LogP contribution >= 0.6 is 22.7 Å². The van der Waals surface area contributed by atoms with Crippen LogP contribution in [0, 0.1) is 18.3 Å². The van der Waals surface area contributed by atoms with Crippen molar-refractivity contribution < 1.29 is 4.79 Å². The third-order valence-electron chi connectivity index (χ3n) is 3.23. The van der Waals surface area contributed by atoms with E-state index in [1.54, 1.807) is 46.9 Å². The van der Waals surface area contributed by atoms with Gasteiger partial charge in [-0.2, -0.15) is 5.26 Å². The van der Waals surface area contributed by atoms with E-state index in [0.29, 0.717) is 17.7 Å². The Balaban J connectivity index is 1.63. The van der Waals surface area contributed by atoms with Crippen LogP contribution < -0.4 is 5.32 Å². The molecule has 0 bridgehead atoms. The van der Waals surface area contributed by atoms with Gasteiger partial charge in [0.05, 0.1) is 33.8 Å². The molecule has 1 amide bonds. The lowest BCUT2D eigenvalue weighted by molar-refractivity contribution is 0.0951. The summed E-state index contributed by atoms with van der Waals surface area (Å²) in [4.78, 5) is 18.8. The third-order valence-corrected chi connectivity index (χ3v) is 5.11. The molecule has 23 heavy (non-hydrogen) atoms. The maximum atomic E-state index is 12.1. The number of thiazole rings is 1. The van der Waals surface area contributed by atoms with Crippen molar-refractivity contribution in [1.82, 2.24) is 10.3 Å². The largest absolute Gasteiger partial charge is 0.347 e. The molecule has 114 valence electrons. The summed E-state index contributed by atoms with van der Waals surface area (Å²) in [7, 11) is 0. The number of benzene rings is 1. The quantitative estimate of drug-likeness (QED) is 0.782. The van der Waals surface area contributed by atoms with Crippen LogP contribution in [0.5, 0.6) is 0 Å². The van der Waals surface area contributed by atoms with Crippen LogP contribution in [-0.4, -0.2) is 10.9 Å². The lowest BCUT2D eigenvalue weighted by Crippen LogP contribution is -2.22. The van der Waals surface area contributed by atoms with Gasteiger partial charge in [0.1, 0.15) is 0 Å². The van der Waals surface area contributed by atoms with Gasteiger partial charge in [0.25, 0.3) is 5.91 Å². The molecule has 2 heterocycles. The van der Waals surface area contributed by atoms with E-state index in [2.05, 4.69) is 10.3 Å². The summed E-state index contributed by atoms with van der Waals surface area (Å²) < 4.78 is 0. The second kappa shape index (κ2) is 6.73. The maximum Gasteiger partial charge on any atom is 0.251 e. The molecule has 0 aliphatic carbocycles. The molecule has 0 unspecified atom stereocenters. The molecule has 0 saturated heterocycles. The highest BCUT2D eigenvalue weighted by Crippen LogP contribution is 2.28. The first kappa shape index (κ1) is 15.4. The number of aromatic nitrogens is 1. The fourth-order valence-corrected chi connectivity index (χ4v) is 3.65. The summed E-state index contributed by atoms with van der Waals surface area (Å²) in [6.07, 6.45) is 0. The fraction of sp³-hybridized carbons (Fsp3) is 0.118. The maximum absolute atomic E-state index is 12.1. The van der Waals surface area contributed by atoms with Crippen LogP contribution in [0.4, 0.5) is 0 Å². The minimum absolute atomic E-state index is 0.144. The van der Waals surface area contributed by atoms with Gasteiger partial charge in [0, 0.05) is 15.8 Å². The predicted molar refractivity (Wildman–Crippen MR) is 92.5 cm³/mol. The standard InChI is InChI=1S/C17H13N3OS2/c1-11-20-15(10-22-11)16-7-6-14(23-16)9-19-17(21)13-4-2-12(8-18)3-5-13/h2-7,10H,9H2,1H3,(H,19,21). The molecule has 1 N–H and O–H groups in total. The lowest BCUT2D eigenvalue weighted by atomic mass is 10.1. The molecule has 3 rings (SSSR count). The second-order valence-electron chi connectivity index (χ2n) is 4.89. The first-order valence-electron chi connectivity index (χ1n) is 6.95. The van der Waals surface area contributed by atoms with Crippen molar-refractivity contribution >= 4 is 28.6 Å². The summed E-state index contributed by atoms with van der Waals surface area (Å²) >= 11 is 3.26. The van der Waals surface area contributed by atoms with Gasteiger partial charge in [-0.1, -0.05) is 0 Å². The SMILES string of the molecule is Cc1nc(-c2ccc(CNC(=O)c3ccc(C#N)cc3)s2)cs1. The van der Waals surface area contributed by atoms with Crippen LogP contribution in [-0.2, 0) is 6.54 Å². The number of amides is 1. The third kappa shape index (κ3) is 3.65. The molecule has 0 radical (unpaired) electrons. The van der Waals surface area contributed by atoms with Crippen molar-refractivity contribution in [2.45, 2.75) is 13.5 Å². The summed E-state index contributed by atoms with van der Waals surface area (Å²) in [5.74, 6) is -0.144. The molecule has 1 aromatic carbocycles. The highest BCUT2D eigenvalue weighted by Gasteiger charge is 2.08. The Morgan fingerprint density at radius 3 is 2.70 bits per heavy atom. The van der Waals surface area contributed by atoms with Crippen molar-refractivity contribution in [2.24, 2.45) is 0 Å². The number of hydrogen-bond donors (Lipinski definition) is 1. The van der Waals surface area contributed by atoms with Crippen molar-refractivity contribution in [3.63, 3.8) is 0 Å². The molecule has 0 aliphatic rings. The molecule has 0 fully saturated rings. The predicted octanol–water partition coefficient (Wildman–Crippen LogP) is 3.98. The van der Waals surface area contributed by atoms with E-state index in [1.807, 2.05) is 30.5 Å². The van der Waals surface area contributed by atoms with E-state index in [0.717, 1.165) is 20.5 Å². The van der Waals surface area contributed by atoms with Crippen LogP contribution in [0.1, 0.15) is 25.8 Å². The number of nitrogens with zero attached hydrogens (tertiary/aromatic N) is 2. The van der Waals surface area contributed by atoms with Crippen LogP contribution in [0.25, 0.3) is 10.6 Å². The minimum Gasteiger partial charge on any atom is -0.347 e. The number of thiophene rings is 1. The van der Waals surface area contributed by atoms with Crippen LogP contribution in [0.3, 0.4) is 0 Å². The molecule has 3 aromatic rings. The van der Waals surface area contributed by atoms with Gasteiger partial charge in [-0.15, -0.1) is 22.7 Å². The first-order valence-corrected chi connectivity index (χ1v) is 8.65. The van der Waals surface area contributed by atoms with Crippen LogP contribution in [0.2, 0.25) is 0 Å². The Morgan fingerprint density at radius 2 is 2.04 bits per heavy atom. The summed E-state index contributed by atoms with van der Waals surface area (Å²) in [6.45, 7) is 2.47. The summed E-state index contributed by atoms with van der Waals surface area (Å²) in [5, 5.41) is 14.7. The normalized spacial score (nSPS) is 10.3. The van der Waals surface area contributed by atoms with Crippen molar-refractivity contribution in [3.05, 3.63) is 62.8 Å². The summed E-state index contributed by atoms with van der Waals surface area (Å²) in [5.41, 5.74) is 2.08. The molecular formula is C17H13N3OS2. The topological polar surface area (TPSA) is 65.8 Å². The average molecular weight is 339 g/mol. The number of aryl methyl sites for hydroxylation is 1. The zero-order valence-corrected chi connectivity index (χ0v) is 14.0. The van der Waals surface area contributed by atoms with Gasteiger partial charge >= 0.3 is 0 Å². The van der Waals surface area contributed by atoms with Gasteiger partial charge in [-0.3, -0.25) is 4.79 Å². The molecule has 0 saturated carbocycles.